The Labute approximate surface area is 362 Å². The Morgan fingerprint density at radius 3 is 1.48 bits per heavy atom. The Morgan fingerprint density at radius 1 is 0.574 bits per heavy atom. The summed E-state index contributed by atoms with van der Waals surface area (Å²) in [6.07, 6.45) is 1.89. The highest BCUT2D eigenvalue weighted by molar-refractivity contribution is 7.93. The molecule has 4 N–H and O–H groups in total. The van der Waals surface area contributed by atoms with E-state index in [0.29, 0.717) is 30.2 Å². The lowest BCUT2D eigenvalue weighted by molar-refractivity contribution is -0.142. The Balaban J connectivity index is 0.000000231. The quantitative estimate of drug-likeness (QED) is 0.0507. The maximum Gasteiger partial charge on any atom is 0.338 e. The Kier molecular flexibility index (Phi) is 16.3. The van der Waals surface area contributed by atoms with Gasteiger partial charge in [-0.2, -0.15) is 0 Å². The van der Waals surface area contributed by atoms with Gasteiger partial charge in [-0.3, -0.25) is 23.8 Å². The second-order valence-electron chi connectivity index (χ2n) is 12.8. The molecule has 0 aliphatic heterocycles. The van der Waals surface area contributed by atoms with Crippen molar-refractivity contribution in [3.8, 4) is 0 Å². The summed E-state index contributed by atoms with van der Waals surface area (Å²) in [6, 6.07) is 32.0. The first-order chi connectivity index (χ1) is 29.3. The summed E-state index contributed by atoms with van der Waals surface area (Å²) in [5, 5.41) is 8.72. The van der Waals surface area contributed by atoms with Crippen LogP contribution in [0, 0.1) is 0 Å². The molecule has 0 atom stereocenters. The lowest BCUT2D eigenvalue weighted by atomic mass is 10.1. The van der Waals surface area contributed by atoms with E-state index in [1.165, 1.54) is 30.3 Å². The molecule has 2 heterocycles. The van der Waals surface area contributed by atoms with E-state index in [4.69, 9.17) is 9.47 Å². The molecule has 61 heavy (non-hydrogen) atoms. The van der Waals surface area contributed by atoms with Gasteiger partial charge in [-0.25, -0.2) is 21.6 Å². The van der Waals surface area contributed by atoms with Gasteiger partial charge in [0, 0.05) is 11.4 Å². The van der Waals surface area contributed by atoms with Crippen LogP contribution < -0.4 is 20.1 Å². The van der Waals surface area contributed by atoms with Crippen molar-refractivity contribution >= 4 is 89.2 Å². The number of amides is 2. The number of sulfonamides is 2. The van der Waals surface area contributed by atoms with Crippen LogP contribution in [0.1, 0.15) is 62.0 Å². The largest absolute Gasteiger partial charge is 0.466 e. The predicted octanol–water partition coefficient (Wildman–Crippen LogP) is 8.66. The molecule has 0 bridgehead atoms. The number of thiophene rings is 2. The van der Waals surface area contributed by atoms with Gasteiger partial charge < -0.3 is 20.1 Å². The van der Waals surface area contributed by atoms with Gasteiger partial charge >= 0.3 is 11.9 Å². The Bertz CT molecular complexity index is 2630. The number of rotatable bonds is 17. The number of carbonyl (C=O) groups is 4. The number of carbonyl (C=O) groups excluding carboxylic acids is 4. The summed E-state index contributed by atoms with van der Waals surface area (Å²) in [6.45, 7) is 4.45. The van der Waals surface area contributed by atoms with E-state index in [2.05, 4.69) is 20.1 Å². The molecule has 0 fully saturated rings. The van der Waals surface area contributed by atoms with Crippen molar-refractivity contribution in [1.29, 1.82) is 0 Å². The zero-order chi connectivity index (χ0) is 43.8. The number of hydrogen-bond donors (Lipinski definition) is 4. The highest BCUT2D eigenvalue weighted by Crippen LogP contribution is 2.28. The van der Waals surface area contributed by atoms with Gasteiger partial charge in [0.25, 0.3) is 31.9 Å². The third-order valence-electron chi connectivity index (χ3n) is 8.31. The normalized spacial score (nSPS) is 11.0. The molecule has 0 unspecified atom stereocenters. The minimum atomic E-state index is -3.81. The van der Waals surface area contributed by atoms with E-state index in [1.54, 1.807) is 109 Å². The summed E-state index contributed by atoms with van der Waals surface area (Å²) in [7, 11) is -7.61. The average Bonchev–Trinajstić information content (AvgIpc) is 3.92. The number of benzene rings is 4. The molecule has 6 aromatic rings. The van der Waals surface area contributed by atoms with Gasteiger partial charge in [-0.1, -0.05) is 61.9 Å². The predicted molar refractivity (Wildman–Crippen MR) is 237 cm³/mol. The molecule has 0 aliphatic rings. The fourth-order valence-corrected chi connectivity index (χ4v) is 9.08. The molecule has 0 saturated carbocycles. The van der Waals surface area contributed by atoms with Crippen molar-refractivity contribution < 1.29 is 45.5 Å². The molecule has 2 aromatic heterocycles. The monoisotopic (exact) mass is 902 g/mol. The highest BCUT2D eigenvalue weighted by atomic mass is 32.2. The van der Waals surface area contributed by atoms with E-state index in [1.807, 2.05) is 6.92 Å². The van der Waals surface area contributed by atoms with Crippen LogP contribution in [0.15, 0.2) is 142 Å². The van der Waals surface area contributed by atoms with Crippen LogP contribution >= 0.6 is 22.7 Å². The molecule has 14 nitrogen and oxygen atoms in total. The SMILES string of the molecule is CCCCOC(=O)c1ccc(NC(=O)c2sccc2NS(=O)(=O)c2ccccc2)cc1.CCOC(=O)Cc1ccc(NC(=O)c2sccc2NS(=O)(=O)c2ccccc2)cc1. The van der Waals surface area contributed by atoms with Gasteiger partial charge in [-0.15, -0.1) is 22.7 Å². The van der Waals surface area contributed by atoms with Crippen molar-refractivity contribution in [1.82, 2.24) is 0 Å². The molecule has 6 rings (SSSR count). The minimum Gasteiger partial charge on any atom is -0.466 e. The zero-order valence-electron chi connectivity index (χ0n) is 33.0. The van der Waals surface area contributed by atoms with E-state index in [0.717, 1.165) is 41.1 Å². The lowest BCUT2D eigenvalue weighted by Crippen LogP contribution is -2.17. The van der Waals surface area contributed by atoms with Gasteiger partial charge in [0.05, 0.1) is 46.4 Å². The number of nitrogens with one attached hydrogen (secondary N) is 4. The van der Waals surface area contributed by atoms with Crippen LogP contribution in [-0.2, 0) is 40.7 Å². The lowest BCUT2D eigenvalue weighted by Gasteiger charge is -2.10. The molecular weight excluding hydrogens is 861 g/mol. The fourth-order valence-electron chi connectivity index (χ4n) is 5.28. The molecule has 18 heteroatoms. The van der Waals surface area contributed by atoms with E-state index in [9.17, 15) is 36.0 Å². The molecule has 4 aromatic carbocycles. The van der Waals surface area contributed by atoms with Crippen LogP contribution in [0.5, 0.6) is 0 Å². The van der Waals surface area contributed by atoms with Crippen LogP contribution in [0.2, 0.25) is 0 Å². The highest BCUT2D eigenvalue weighted by Gasteiger charge is 2.22. The topological polar surface area (TPSA) is 203 Å². The summed E-state index contributed by atoms with van der Waals surface area (Å²) >= 11 is 2.25. The van der Waals surface area contributed by atoms with Crippen molar-refractivity contribution in [2.24, 2.45) is 0 Å². The molecule has 0 aliphatic carbocycles. The van der Waals surface area contributed by atoms with Crippen LogP contribution in [0.4, 0.5) is 22.7 Å². The smallest absolute Gasteiger partial charge is 0.338 e. The van der Waals surface area contributed by atoms with Crippen LogP contribution in [0.25, 0.3) is 0 Å². The Morgan fingerprint density at radius 2 is 1.03 bits per heavy atom. The Hall–Kier alpha value is -6.34. The molecular formula is C43H42N4O10S4. The molecule has 318 valence electrons. The minimum absolute atomic E-state index is 0.106. The molecule has 0 saturated heterocycles. The zero-order valence-corrected chi connectivity index (χ0v) is 36.2. The maximum atomic E-state index is 12.7. The van der Waals surface area contributed by atoms with Crippen LogP contribution in [0.3, 0.4) is 0 Å². The van der Waals surface area contributed by atoms with E-state index >= 15 is 0 Å². The molecule has 0 radical (unpaired) electrons. The first kappa shape index (κ1) is 45.7. The fraction of sp³-hybridized carbons (Fsp3) is 0.163. The van der Waals surface area contributed by atoms with Crippen molar-refractivity contribution in [2.75, 3.05) is 33.3 Å². The number of ether oxygens (including phenoxy) is 2. The van der Waals surface area contributed by atoms with Crippen molar-refractivity contribution in [2.45, 2.75) is 42.9 Å². The summed E-state index contributed by atoms with van der Waals surface area (Å²) < 4.78 is 65.1. The third kappa shape index (κ3) is 13.3. The van der Waals surface area contributed by atoms with E-state index in [-0.39, 0.29) is 43.3 Å². The summed E-state index contributed by atoms with van der Waals surface area (Å²) in [4.78, 5) is 49.5. The second-order valence-corrected chi connectivity index (χ2v) is 18.0. The van der Waals surface area contributed by atoms with Gasteiger partial charge in [0.15, 0.2) is 0 Å². The van der Waals surface area contributed by atoms with Gasteiger partial charge in [0.1, 0.15) is 9.75 Å². The van der Waals surface area contributed by atoms with Crippen molar-refractivity contribution in [3.63, 3.8) is 0 Å². The first-order valence-electron chi connectivity index (χ1n) is 18.7. The standard InChI is InChI=1S/C22H22N2O5S2.C21H20N2O5S2/c1-2-3-14-29-22(26)16-9-11-17(12-10-16)23-21(25)20-19(13-15-30-20)24-31(27,28)18-7-5-4-6-8-18;1-2-28-19(24)14-15-8-10-16(11-9-15)22-21(25)20-18(12-13-29-20)23-30(26,27)17-6-4-3-5-7-17/h4-13,15,24H,2-3,14H2,1H3,(H,23,25);3-13,23H,2,14H2,1H3,(H,22,25). The third-order valence-corrected chi connectivity index (χ3v) is 12.9. The number of esters is 2. The second kappa shape index (κ2) is 21.8. The first-order valence-corrected chi connectivity index (χ1v) is 23.5. The molecule has 2 amide bonds. The van der Waals surface area contributed by atoms with Gasteiger partial charge in [0.2, 0.25) is 0 Å². The average molecular weight is 903 g/mol. The molecule has 0 spiro atoms. The number of hydrogen-bond acceptors (Lipinski definition) is 12. The number of unbranched alkanes of at least 4 members (excludes halogenated alkanes) is 1. The van der Waals surface area contributed by atoms with Crippen LogP contribution in [-0.4, -0.2) is 53.8 Å². The summed E-state index contributed by atoms with van der Waals surface area (Å²) in [5.41, 5.74) is 2.56. The van der Waals surface area contributed by atoms with Crippen molar-refractivity contribution in [3.05, 3.63) is 153 Å². The summed E-state index contributed by atoms with van der Waals surface area (Å²) in [5.74, 6) is -1.63. The maximum absolute atomic E-state index is 12.7. The number of anilines is 4. The van der Waals surface area contributed by atoms with Gasteiger partial charge in [-0.05, 0) is 102 Å². The van der Waals surface area contributed by atoms with E-state index < -0.39 is 37.8 Å².